The van der Waals surface area contributed by atoms with Gasteiger partial charge in [-0.3, -0.25) is 0 Å². The van der Waals surface area contributed by atoms with E-state index in [0.29, 0.717) is 0 Å². The van der Waals surface area contributed by atoms with Crippen LogP contribution >= 0.6 is 0 Å². The lowest BCUT2D eigenvalue weighted by Crippen LogP contribution is -1.98. The highest BCUT2D eigenvalue weighted by molar-refractivity contribution is 5.37. The predicted octanol–water partition coefficient (Wildman–Crippen LogP) is 0.286. The molecule has 1 aliphatic rings. The van der Waals surface area contributed by atoms with E-state index in [1.165, 1.54) is 0 Å². The van der Waals surface area contributed by atoms with E-state index >= 15 is 0 Å². The van der Waals surface area contributed by atoms with Gasteiger partial charge in [-0.25, -0.2) is 0 Å². The maximum atomic E-state index is 8.31. The van der Waals surface area contributed by atoms with Crippen LogP contribution in [0.15, 0.2) is 0 Å². The zero-order valence-electron chi connectivity index (χ0n) is 5.05. The average molecular weight is 126 g/mol. The molecule has 0 aliphatic heterocycles. The standard InChI is InChI=1S/C8H2N2/c9-5-7-1-2-8(6-10)4-3-7/h7-8H. The molecule has 0 N–H and O–H groups in total. The summed E-state index contributed by atoms with van der Waals surface area (Å²) in [4.78, 5) is 0. The maximum Gasteiger partial charge on any atom is 0.167 e. The normalized spacial score (nSPS) is 25.8. The van der Waals surface area contributed by atoms with Crippen LogP contribution in [-0.2, 0) is 0 Å². The van der Waals surface area contributed by atoms with E-state index in [0.717, 1.165) is 0 Å². The largest absolute Gasteiger partial charge is 0.196 e. The third-order valence-electron chi connectivity index (χ3n) is 1.00. The van der Waals surface area contributed by atoms with Crippen molar-refractivity contribution in [2.24, 2.45) is 11.8 Å². The number of nitrogens with zero attached hydrogens (tertiary/aromatic N) is 2. The number of nitriles is 2. The molecule has 0 spiro atoms. The Morgan fingerprint density at radius 3 is 1.30 bits per heavy atom. The van der Waals surface area contributed by atoms with Crippen molar-refractivity contribution in [3.05, 3.63) is 0 Å². The molecule has 0 unspecified atom stereocenters. The quantitative estimate of drug-likeness (QED) is 0.438. The summed E-state index contributed by atoms with van der Waals surface area (Å²) in [5.74, 6) is 9.26. The fraction of sp³-hybridized carbons (Fsp3) is 0.250. The van der Waals surface area contributed by atoms with Crippen LogP contribution in [0.25, 0.3) is 0 Å². The van der Waals surface area contributed by atoms with Crippen molar-refractivity contribution < 1.29 is 0 Å². The van der Waals surface area contributed by atoms with Gasteiger partial charge in [-0.05, 0) is 0 Å². The molecule has 1 rings (SSSR count). The molecule has 10 heavy (non-hydrogen) atoms. The zero-order chi connectivity index (χ0) is 7.40. The van der Waals surface area contributed by atoms with E-state index in [4.69, 9.17) is 10.5 Å². The summed E-state index contributed by atoms with van der Waals surface area (Å²) >= 11 is 0. The van der Waals surface area contributed by atoms with Gasteiger partial charge in [0.2, 0.25) is 0 Å². The molecule has 1 aliphatic carbocycles. The van der Waals surface area contributed by atoms with E-state index in [2.05, 4.69) is 23.7 Å². The molecule has 0 amide bonds. The SMILES string of the molecule is N#CC1C#CC(C#N)C#C1. The van der Waals surface area contributed by atoms with Crippen LogP contribution in [0.1, 0.15) is 0 Å². The summed E-state index contributed by atoms with van der Waals surface area (Å²) in [6.45, 7) is 0. The number of rotatable bonds is 0. The van der Waals surface area contributed by atoms with Gasteiger partial charge in [0.05, 0.1) is 12.1 Å². The Morgan fingerprint density at radius 1 is 0.800 bits per heavy atom. The Morgan fingerprint density at radius 2 is 1.10 bits per heavy atom. The molecule has 0 aromatic heterocycles. The Hall–Kier alpha value is -1.90. The highest BCUT2D eigenvalue weighted by Crippen LogP contribution is 1.99. The fourth-order valence-electron chi connectivity index (χ4n) is 0.535. The van der Waals surface area contributed by atoms with Gasteiger partial charge in [0.1, 0.15) is 0 Å². The molecule has 0 bridgehead atoms. The maximum absolute atomic E-state index is 8.31. The molecule has 2 nitrogen and oxygen atoms in total. The van der Waals surface area contributed by atoms with Crippen molar-refractivity contribution in [2.45, 2.75) is 0 Å². The number of hydrogen-bond acceptors (Lipinski definition) is 2. The second kappa shape index (κ2) is 2.59. The summed E-state index contributed by atoms with van der Waals surface area (Å²) in [5.41, 5.74) is 0. The third kappa shape index (κ3) is 1.08. The summed E-state index contributed by atoms with van der Waals surface area (Å²) in [6, 6.07) is 3.78. The number of hydrogen-bond donors (Lipinski definition) is 0. The van der Waals surface area contributed by atoms with Gasteiger partial charge in [0.15, 0.2) is 11.8 Å². The van der Waals surface area contributed by atoms with Crippen LogP contribution in [0.2, 0.25) is 0 Å². The van der Waals surface area contributed by atoms with Gasteiger partial charge in [-0.1, -0.05) is 23.7 Å². The van der Waals surface area contributed by atoms with Crippen molar-refractivity contribution in [1.29, 1.82) is 10.5 Å². The molecule has 0 aromatic carbocycles. The lowest BCUT2D eigenvalue weighted by atomic mass is 10.0. The van der Waals surface area contributed by atoms with Gasteiger partial charge < -0.3 is 0 Å². The van der Waals surface area contributed by atoms with Gasteiger partial charge in [-0.15, -0.1) is 0 Å². The first kappa shape index (κ1) is 6.22. The Kier molecular flexibility index (Phi) is 1.61. The highest BCUT2D eigenvalue weighted by Gasteiger charge is 2.04. The highest BCUT2D eigenvalue weighted by atomic mass is 14.3. The van der Waals surface area contributed by atoms with Crippen molar-refractivity contribution in [3.8, 4) is 35.8 Å². The van der Waals surface area contributed by atoms with Crippen molar-refractivity contribution in [1.82, 2.24) is 0 Å². The third-order valence-corrected chi connectivity index (χ3v) is 1.00. The minimum Gasteiger partial charge on any atom is -0.196 e. The minimum atomic E-state index is -0.496. The Labute approximate surface area is 59.1 Å². The monoisotopic (exact) mass is 126 g/mol. The van der Waals surface area contributed by atoms with E-state index in [1.807, 2.05) is 12.1 Å². The predicted molar refractivity (Wildman–Crippen MR) is 33.8 cm³/mol. The van der Waals surface area contributed by atoms with Gasteiger partial charge in [0, 0.05) is 0 Å². The van der Waals surface area contributed by atoms with Gasteiger partial charge >= 0.3 is 0 Å². The van der Waals surface area contributed by atoms with Crippen LogP contribution < -0.4 is 0 Å². The van der Waals surface area contributed by atoms with Gasteiger partial charge in [0.25, 0.3) is 0 Å². The van der Waals surface area contributed by atoms with Gasteiger partial charge in [-0.2, -0.15) is 10.5 Å². The lowest BCUT2D eigenvalue weighted by Gasteiger charge is -1.93. The first-order valence-corrected chi connectivity index (χ1v) is 2.68. The average Bonchev–Trinajstić information content (AvgIpc) is 2.05. The molecule has 44 valence electrons. The Bertz CT molecular complexity index is 280. The van der Waals surface area contributed by atoms with Crippen LogP contribution in [0, 0.1) is 58.2 Å². The molecule has 0 saturated heterocycles. The molecule has 0 atom stereocenters. The smallest absolute Gasteiger partial charge is 0.167 e. The second-order valence-electron chi connectivity index (χ2n) is 1.70. The summed E-state index contributed by atoms with van der Waals surface area (Å²) < 4.78 is 0. The van der Waals surface area contributed by atoms with Crippen LogP contribution in [-0.4, -0.2) is 0 Å². The lowest BCUT2D eigenvalue weighted by molar-refractivity contribution is 1.09. The second-order valence-corrected chi connectivity index (χ2v) is 1.70. The summed E-state index contributed by atoms with van der Waals surface area (Å²) in [6.07, 6.45) is 0. The van der Waals surface area contributed by atoms with Crippen molar-refractivity contribution >= 4 is 0 Å². The molecular weight excluding hydrogens is 124 g/mol. The van der Waals surface area contributed by atoms with Crippen LogP contribution in [0.5, 0.6) is 0 Å². The van der Waals surface area contributed by atoms with E-state index in [9.17, 15) is 0 Å². The molecular formula is C8H2N2. The molecule has 0 fully saturated rings. The zero-order valence-corrected chi connectivity index (χ0v) is 5.05. The Balaban J connectivity index is 2.78. The topological polar surface area (TPSA) is 47.6 Å². The summed E-state index contributed by atoms with van der Waals surface area (Å²) in [7, 11) is 0. The van der Waals surface area contributed by atoms with E-state index in [-0.39, 0.29) is 0 Å². The first-order chi connectivity index (χ1) is 4.86. The first-order valence-electron chi connectivity index (χ1n) is 2.68. The molecule has 0 heterocycles. The molecule has 2 heteroatoms. The van der Waals surface area contributed by atoms with E-state index < -0.39 is 11.8 Å². The summed E-state index contributed by atoms with van der Waals surface area (Å²) in [5, 5.41) is 16.6. The minimum absolute atomic E-state index is 0.496. The van der Waals surface area contributed by atoms with Crippen molar-refractivity contribution in [3.63, 3.8) is 0 Å². The van der Waals surface area contributed by atoms with Crippen LogP contribution in [0.3, 0.4) is 0 Å². The molecule has 0 saturated carbocycles. The fourth-order valence-corrected chi connectivity index (χ4v) is 0.535. The van der Waals surface area contributed by atoms with Crippen molar-refractivity contribution in [2.75, 3.05) is 0 Å². The van der Waals surface area contributed by atoms with E-state index in [1.54, 1.807) is 0 Å². The molecule has 0 aromatic rings. The molecule has 0 radical (unpaired) electrons. The van der Waals surface area contributed by atoms with Crippen LogP contribution in [0.4, 0.5) is 0 Å².